The molecule has 3 aliphatic heterocycles. The molecule has 2 atom stereocenters. The summed E-state index contributed by atoms with van der Waals surface area (Å²) in [5.74, 6) is 0. The van der Waals surface area contributed by atoms with E-state index in [4.69, 9.17) is 9.47 Å². The Morgan fingerprint density at radius 1 is 1.22 bits per heavy atom. The Kier molecular flexibility index (Phi) is 5.02. The predicted molar refractivity (Wildman–Crippen MR) is 92.9 cm³/mol. The van der Waals surface area contributed by atoms with Crippen molar-refractivity contribution in [3.63, 3.8) is 0 Å². The van der Waals surface area contributed by atoms with Gasteiger partial charge in [0.25, 0.3) is 0 Å². The van der Waals surface area contributed by atoms with Crippen molar-refractivity contribution >= 4 is 11.3 Å². The Balaban J connectivity index is 1.36. The van der Waals surface area contributed by atoms with Crippen LogP contribution in [0.25, 0.3) is 0 Å². The van der Waals surface area contributed by atoms with E-state index in [0.29, 0.717) is 6.10 Å². The molecule has 4 heterocycles. The number of hydrogen-bond donors (Lipinski definition) is 0. The average Bonchev–Trinajstić information content (AvgIpc) is 3.25. The van der Waals surface area contributed by atoms with Gasteiger partial charge >= 0.3 is 0 Å². The van der Waals surface area contributed by atoms with Gasteiger partial charge in [-0.3, -0.25) is 4.90 Å². The first-order chi connectivity index (χ1) is 11.3. The minimum absolute atomic E-state index is 0.0713. The van der Waals surface area contributed by atoms with Gasteiger partial charge in [0.05, 0.1) is 19.3 Å². The Hall–Kier alpha value is -0.460. The molecule has 4 rings (SSSR count). The summed E-state index contributed by atoms with van der Waals surface area (Å²) < 4.78 is 12.5. The van der Waals surface area contributed by atoms with Gasteiger partial charge in [0.1, 0.15) is 5.60 Å². The van der Waals surface area contributed by atoms with Crippen molar-refractivity contribution in [3.05, 3.63) is 22.4 Å². The fraction of sp³-hybridized carbons (Fsp3) is 0.778. The third-order valence-corrected chi connectivity index (χ3v) is 6.25. The van der Waals surface area contributed by atoms with Crippen molar-refractivity contribution in [1.29, 1.82) is 0 Å². The summed E-state index contributed by atoms with van der Waals surface area (Å²) in [6.07, 6.45) is 5.45. The molecule has 0 aliphatic carbocycles. The molecule has 3 saturated heterocycles. The molecule has 0 radical (unpaired) electrons. The minimum Gasteiger partial charge on any atom is -0.377 e. The lowest BCUT2D eigenvalue weighted by Gasteiger charge is -2.32. The number of likely N-dealkylation sites (tertiary alicyclic amines) is 1. The van der Waals surface area contributed by atoms with Crippen LogP contribution in [-0.4, -0.2) is 67.4 Å². The lowest BCUT2D eigenvalue weighted by Crippen LogP contribution is -2.45. The summed E-state index contributed by atoms with van der Waals surface area (Å²) in [4.78, 5) is 6.54. The highest BCUT2D eigenvalue weighted by atomic mass is 32.1. The van der Waals surface area contributed by atoms with Crippen molar-refractivity contribution in [2.24, 2.45) is 0 Å². The van der Waals surface area contributed by atoms with Crippen LogP contribution in [0.4, 0.5) is 0 Å². The van der Waals surface area contributed by atoms with Gasteiger partial charge in [-0.15, -0.1) is 11.3 Å². The smallest absolute Gasteiger partial charge is 0.105 e. The molecule has 23 heavy (non-hydrogen) atoms. The van der Waals surface area contributed by atoms with Crippen LogP contribution >= 0.6 is 11.3 Å². The van der Waals surface area contributed by atoms with Crippen LogP contribution in [0.1, 0.15) is 30.6 Å². The zero-order chi connectivity index (χ0) is 15.5. The number of hydrogen-bond acceptors (Lipinski definition) is 5. The molecule has 0 saturated carbocycles. The molecule has 1 aromatic heterocycles. The largest absolute Gasteiger partial charge is 0.377 e. The molecule has 128 valence electrons. The first-order valence-electron chi connectivity index (χ1n) is 9.04. The first kappa shape index (κ1) is 16.0. The Bertz CT molecular complexity index is 489. The third kappa shape index (κ3) is 3.97. The van der Waals surface area contributed by atoms with E-state index in [2.05, 4.69) is 27.3 Å². The number of ether oxygens (including phenoxy) is 2. The molecule has 0 N–H and O–H groups in total. The van der Waals surface area contributed by atoms with E-state index in [1.807, 2.05) is 11.3 Å². The summed E-state index contributed by atoms with van der Waals surface area (Å²) >= 11 is 1.85. The first-order valence-corrected chi connectivity index (χ1v) is 9.92. The number of thiophene rings is 1. The molecule has 1 aromatic rings. The molecule has 4 nitrogen and oxygen atoms in total. The molecule has 3 aliphatic rings. The van der Waals surface area contributed by atoms with Crippen molar-refractivity contribution in [1.82, 2.24) is 9.80 Å². The van der Waals surface area contributed by atoms with Gasteiger partial charge in [0.15, 0.2) is 0 Å². The van der Waals surface area contributed by atoms with Crippen LogP contribution in [0.2, 0.25) is 0 Å². The minimum atomic E-state index is -0.0713. The summed E-state index contributed by atoms with van der Waals surface area (Å²) in [5, 5.41) is 2.16. The van der Waals surface area contributed by atoms with Crippen LogP contribution in [0.3, 0.4) is 0 Å². The zero-order valence-corrected chi connectivity index (χ0v) is 14.7. The van der Waals surface area contributed by atoms with Gasteiger partial charge in [0, 0.05) is 31.1 Å². The van der Waals surface area contributed by atoms with Crippen LogP contribution in [0.5, 0.6) is 0 Å². The van der Waals surface area contributed by atoms with Gasteiger partial charge in [-0.05, 0) is 50.2 Å². The van der Waals surface area contributed by atoms with Gasteiger partial charge in [0.2, 0.25) is 0 Å². The van der Waals surface area contributed by atoms with Crippen molar-refractivity contribution in [2.75, 3.05) is 45.9 Å². The van der Waals surface area contributed by atoms with Crippen LogP contribution in [0, 0.1) is 0 Å². The van der Waals surface area contributed by atoms with E-state index in [-0.39, 0.29) is 5.60 Å². The maximum absolute atomic E-state index is 6.58. The summed E-state index contributed by atoms with van der Waals surface area (Å²) in [6.45, 7) is 8.29. The predicted octanol–water partition coefficient (Wildman–Crippen LogP) is 2.59. The van der Waals surface area contributed by atoms with Gasteiger partial charge in [-0.1, -0.05) is 6.07 Å². The van der Waals surface area contributed by atoms with Gasteiger partial charge in [-0.25, -0.2) is 0 Å². The molecule has 5 heteroatoms. The highest BCUT2D eigenvalue weighted by molar-refractivity contribution is 7.09. The van der Waals surface area contributed by atoms with Crippen molar-refractivity contribution < 1.29 is 9.47 Å². The second-order valence-corrected chi connectivity index (χ2v) is 8.34. The molecule has 0 amide bonds. The summed E-state index contributed by atoms with van der Waals surface area (Å²) in [6, 6.07) is 4.37. The van der Waals surface area contributed by atoms with Crippen LogP contribution in [0.15, 0.2) is 17.5 Å². The fourth-order valence-electron chi connectivity index (χ4n) is 4.24. The highest BCUT2D eigenvalue weighted by Crippen LogP contribution is 2.34. The maximum atomic E-state index is 6.58. The molecule has 0 aromatic carbocycles. The molecule has 3 fully saturated rings. The summed E-state index contributed by atoms with van der Waals surface area (Å²) in [7, 11) is 0. The SMILES string of the molecule is c1csc(CN2CCOC[C@]3(CC[C@H](CN4CCCC4)O3)C2)c1. The zero-order valence-electron chi connectivity index (χ0n) is 13.9. The summed E-state index contributed by atoms with van der Waals surface area (Å²) in [5.41, 5.74) is -0.0713. The standard InChI is InChI=1S/C18H28N2O2S/c1-2-8-19(7-1)12-16-5-6-18(22-16)14-20(9-10-21-15-18)13-17-4-3-11-23-17/h3-4,11,16H,1-2,5-10,12-15H2/t16-,18+/m1/s1. The van der Waals surface area contributed by atoms with E-state index < -0.39 is 0 Å². The number of nitrogens with zero attached hydrogens (tertiary/aromatic N) is 2. The molecular formula is C18H28N2O2S. The second-order valence-electron chi connectivity index (χ2n) is 7.31. The highest BCUT2D eigenvalue weighted by Gasteiger charge is 2.43. The molecule has 0 unspecified atom stereocenters. The van der Waals surface area contributed by atoms with E-state index >= 15 is 0 Å². The fourth-order valence-corrected chi connectivity index (χ4v) is 4.99. The van der Waals surface area contributed by atoms with E-state index in [1.165, 1.54) is 37.2 Å². The lowest BCUT2D eigenvalue weighted by atomic mass is 10.00. The third-order valence-electron chi connectivity index (χ3n) is 5.39. The Labute approximate surface area is 143 Å². The van der Waals surface area contributed by atoms with E-state index in [9.17, 15) is 0 Å². The normalized spacial score (nSPS) is 33.5. The van der Waals surface area contributed by atoms with E-state index in [1.54, 1.807) is 0 Å². The quantitative estimate of drug-likeness (QED) is 0.844. The lowest BCUT2D eigenvalue weighted by molar-refractivity contribution is -0.0913. The van der Waals surface area contributed by atoms with Gasteiger partial charge in [-0.2, -0.15) is 0 Å². The molecule has 0 bridgehead atoms. The van der Waals surface area contributed by atoms with Crippen molar-refractivity contribution in [2.45, 2.75) is 43.9 Å². The monoisotopic (exact) mass is 336 g/mol. The topological polar surface area (TPSA) is 24.9 Å². The number of rotatable bonds is 4. The maximum Gasteiger partial charge on any atom is 0.105 e. The Morgan fingerprint density at radius 2 is 2.13 bits per heavy atom. The molecular weight excluding hydrogens is 308 g/mol. The second kappa shape index (κ2) is 7.19. The van der Waals surface area contributed by atoms with Crippen LogP contribution in [-0.2, 0) is 16.0 Å². The molecule has 1 spiro atoms. The van der Waals surface area contributed by atoms with Crippen LogP contribution < -0.4 is 0 Å². The van der Waals surface area contributed by atoms with Gasteiger partial charge < -0.3 is 14.4 Å². The average molecular weight is 337 g/mol. The Morgan fingerprint density at radius 3 is 2.96 bits per heavy atom. The van der Waals surface area contributed by atoms with Crippen molar-refractivity contribution in [3.8, 4) is 0 Å². The van der Waals surface area contributed by atoms with E-state index in [0.717, 1.165) is 45.8 Å².